The molecule has 3 heterocycles. The molecule has 0 N–H and O–H groups in total. The Labute approximate surface area is 218 Å². The first-order chi connectivity index (χ1) is 17.1. The first kappa shape index (κ1) is 27.2. The molecule has 1 amide bonds. The lowest BCUT2D eigenvalue weighted by Gasteiger charge is -2.37. The van der Waals surface area contributed by atoms with Gasteiger partial charge in [0.2, 0.25) is 5.91 Å². The van der Waals surface area contributed by atoms with E-state index in [0.29, 0.717) is 55.7 Å². The normalized spacial score (nSPS) is 20.2. The molecule has 1 saturated heterocycles. The van der Waals surface area contributed by atoms with E-state index >= 15 is 0 Å². The maximum Gasteiger partial charge on any atom is 0.419 e. The Morgan fingerprint density at radius 3 is 2.65 bits per heavy atom. The van der Waals surface area contributed by atoms with Gasteiger partial charge in [-0.1, -0.05) is 12.1 Å². The molecule has 200 valence electrons. The lowest BCUT2D eigenvalue weighted by molar-refractivity contribution is -0.145. The average Bonchev–Trinajstić information content (AvgIpc) is 3.38. The van der Waals surface area contributed by atoms with Crippen LogP contribution in [0.15, 0.2) is 45.6 Å². The van der Waals surface area contributed by atoms with Crippen LogP contribution in [0.5, 0.6) is 0 Å². The van der Waals surface area contributed by atoms with Gasteiger partial charge < -0.3 is 14.1 Å². The summed E-state index contributed by atoms with van der Waals surface area (Å²) in [5, 5.41) is 0. The predicted octanol–water partition coefficient (Wildman–Crippen LogP) is 4.00. The number of fused-ring (bicyclic) bond motifs is 2. The Balaban J connectivity index is 0.00000320. The van der Waals surface area contributed by atoms with Gasteiger partial charge in [-0.25, -0.2) is 4.79 Å². The molecule has 1 atom stereocenters. The Morgan fingerprint density at radius 1 is 1.14 bits per heavy atom. The second-order valence-electron chi connectivity index (χ2n) is 9.86. The van der Waals surface area contributed by atoms with Crippen molar-refractivity contribution in [2.24, 2.45) is 12.5 Å². The zero-order chi connectivity index (χ0) is 25.7. The molecular formula is C26H29ClF3N3O4. The third-order valence-corrected chi connectivity index (χ3v) is 7.40. The van der Waals surface area contributed by atoms with Gasteiger partial charge in [0.15, 0.2) is 5.58 Å². The Kier molecular flexibility index (Phi) is 7.47. The van der Waals surface area contributed by atoms with Crippen molar-refractivity contribution in [2.45, 2.75) is 32.1 Å². The van der Waals surface area contributed by atoms with E-state index in [1.807, 2.05) is 12.1 Å². The minimum Gasteiger partial charge on any atom is -0.408 e. The second kappa shape index (κ2) is 10.2. The molecule has 3 aromatic rings. The number of rotatable bonds is 5. The van der Waals surface area contributed by atoms with Crippen LogP contribution in [0.1, 0.15) is 28.7 Å². The molecule has 37 heavy (non-hydrogen) atoms. The van der Waals surface area contributed by atoms with Crippen molar-refractivity contribution < 1.29 is 27.1 Å². The fourth-order valence-corrected chi connectivity index (χ4v) is 5.49. The minimum absolute atomic E-state index is 0. The van der Waals surface area contributed by atoms with Crippen molar-refractivity contribution in [2.75, 3.05) is 33.4 Å². The molecule has 7 nitrogen and oxygen atoms in total. The van der Waals surface area contributed by atoms with E-state index in [9.17, 15) is 22.8 Å². The summed E-state index contributed by atoms with van der Waals surface area (Å²) in [5.41, 5.74) is 2.17. The van der Waals surface area contributed by atoms with Crippen LogP contribution in [0.4, 0.5) is 13.2 Å². The molecule has 0 spiro atoms. The molecule has 11 heteroatoms. The number of ether oxygens (including phenoxy) is 1. The van der Waals surface area contributed by atoms with Crippen LogP contribution < -0.4 is 5.76 Å². The van der Waals surface area contributed by atoms with E-state index in [2.05, 4.69) is 4.90 Å². The first-order valence-electron chi connectivity index (χ1n) is 11.9. The fraction of sp³-hybridized carbons (Fsp3) is 0.462. The molecule has 2 aliphatic rings. The number of oxazole rings is 1. The van der Waals surface area contributed by atoms with Crippen LogP contribution in [0.3, 0.4) is 0 Å². The first-order valence-corrected chi connectivity index (χ1v) is 11.9. The fourth-order valence-electron chi connectivity index (χ4n) is 5.49. The summed E-state index contributed by atoms with van der Waals surface area (Å²) >= 11 is 0. The highest BCUT2D eigenvalue weighted by atomic mass is 35.5. The van der Waals surface area contributed by atoms with Crippen LogP contribution in [-0.4, -0.2) is 53.6 Å². The number of benzene rings is 2. The van der Waals surface area contributed by atoms with E-state index in [4.69, 9.17) is 9.15 Å². The Bertz CT molecular complexity index is 1370. The summed E-state index contributed by atoms with van der Waals surface area (Å²) in [7, 11) is 3.22. The molecule has 0 bridgehead atoms. The highest BCUT2D eigenvalue weighted by Gasteiger charge is 2.47. The molecular weight excluding hydrogens is 511 g/mol. The van der Waals surface area contributed by atoms with Crippen molar-refractivity contribution in [1.82, 2.24) is 14.4 Å². The van der Waals surface area contributed by atoms with E-state index in [1.54, 1.807) is 25.1 Å². The van der Waals surface area contributed by atoms with Gasteiger partial charge in [-0.3, -0.25) is 14.3 Å². The molecule has 0 aliphatic carbocycles. The van der Waals surface area contributed by atoms with Crippen molar-refractivity contribution in [3.05, 3.63) is 69.2 Å². The summed E-state index contributed by atoms with van der Waals surface area (Å²) in [4.78, 5) is 29.4. The highest BCUT2D eigenvalue weighted by molar-refractivity contribution is 5.85. The zero-order valence-electron chi connectivity index (χ0n) is 20.6. The molecule has 0 saturated carbocycles. The molecule has 5 rings (SSSR count). The number of hydrogen-bond donors (Lipinski definition) is 0. The predicted molar refractivity (Wildman–Crippen MR) is 133 cm³/mol. The molecule has 2 aliphatic heterocycles. The number of aromatic nitrogens is 1. The molecule has 1 fully saturated rings. The van der Waals surface area contributed by atoms with Crippen LogP contribution in [0.25, 0.3) is 11.1 Å². The number of likely N-dealkylation sites (tertiary alicyclic amines) is 1. The third-order valence-electron chi connectivity index (χ3n) is 7.40. The van der Waals surface area contributed by atoms with Gasteiger partial charge in [0, 0.05) is 40.3 Å². The van der Waals surface area contributed by atoms with Crippen molar-refractivity contribution >= 4 is 29.4 Å². The monoisotopic (exact) mass is 539 g/mol. The van der Waals surface area contributed by atoms with Gasteiger partial charge >= 0.3 is 11.9 Å². The van der Waals surface area contributed by atoms with Crippen molar-refractivity contribution in [3.63, 3.8) is 0 Å². The van der Waals surface area contributed by atoms with E-state index < -0.39 is 22.9 Å². The number of nitrogens with zero attached hydrogens (tertiary/aromatic N) is 3. The minimum atomic E-state index is -4.42. The number of alkyl halides is 3. The van der Waals surface area contributed by atoms with Gasteiger partial charge in [-0.2, -0.15) is 13.2 Å². The van der Waals surface area contributed by atoms with Crippen LogP contribution in [-0.2, 0) is 42.3 Å². The second-order valence-corrected chi connectivity index (χ2v) is 9.86. The highest BCUT2D eigenvalue weighted by Crippen LogP contribution is 2.37. The van der Waals surface area contributed by atoms with Crippen LogP contribution in [0.2, 0.25) is 0 Å². The summed E-state index contributed by atoms with van der Waals surface area (Å²) in [6, 6.07) is 9.39. The van der Waals surface area contributed by atoms with Gasteiger partial charge in [-0.05, 0) is 60.3 Å². The maximum atomic E-state index is 13.8. The number of aryl methyl sites for hydroxylation is 1. The largest absolute Gasteiger partial charge is 0.419 e. The summed E-state index contributed by atoms with van der Waals surface area (Å²) < 4.78 is 51.8. The number of methoxy groups -OCH3 is 1. The zero-order valence-corrected chi connectivity index (χ0v) is 21.5. The number of carbonyl (C=O) groups is 1. The van der Waals surface area contributed by atoms with Gasteiger partial charge in [0.25, 0.3) is 0 Å². The molecule has 0 radical (unpaired) electrons. The lowest BCUT2D eigenvalue weighted by Crippen LogP contribution is -2.49. The SMILES string of the molecule is COCC1(C(=O)N2CCc3ccc(C(F)(F)F)cc3C2)CCN(Cc2ccc3oc(=O)n(C)c3c2)C1.Cl. The van der Waals surface area contributed by atoms with E-state index in [0.717, 1.165) is 23.3 Å². The standard InChI is InChI=1S/C26H28F3N3O4.ClH/c1-30-21-11-17(3-6-22(21)36-24(30)34)13-31-10-8-25(15-31,16-35-2)23(33)32-9-7-18-4-5-20(26(27,28)29)12-19(18)14-32;/h3-6,11-12H,7-10,13-16H2,1-2H3;1H. The van der Waals surface area contributed by atoms with Crippen molar-refractivity contribution in [3.8, 4) is 0 Å². The lowest BCUT2D eigenvalue weighted by atomic mass is 9.85. The van der Waals surface area contributed by atoms with E-state index in [-0.39, 0.29) is 31.5 Å². The number of hydrogen-bond acceptors (Lipinski definition) is 5. The number of carbonyl (C=O) groups excluding carboxylic acids is 1. The Morgan fingerprint density at radius 2 is 1.92 bits per heavy atom. The quantitative estimate of drug-likeness (QED) is 0.490. The van der Waals surface area contributed by atoms with Gasteiger partial charge in [0.05, 0.1) is 23.1 Å². The smallest absolute Gasteiger partial charge is 0.408 e. The Hall–Kier alpha value is -2.82. The molecule has 1 aromatic heterocycles. The molecule has 1 unspecified atom stereocenters. The van der Waals surface area contributed by atoms with Gasteiger partial charge in [-0.15, -0.1) is 12.4 Å². The van der Waals surface area contributed by atoms with Gasteiger partial charge in [0.1, 0.15) is 0 Å². The average molecular weight is 540 g/mol. The number of halogens is 4. The summed E-state index contributed by atoms with van der Waals surface area (Å²) in [5.74, 6) is -0.499. The van der Waals surface area contributed by atoms with Crippen LogP contribution in [0, 0.1) is 5.41 Å². The third kappa shape index (κ3) is 5.15. The maximum absolute atomic E-state index is 13.8. The van der Waals surface area contributed by atoms with Crippen molar-refractivity contribution in [1.29, 1.82) is 0 Å². The number of amides is 1. The molecule has 2 aromatic carbocycles. The topological polar surface area (TPSA) is 67.9 Å². The summed E-state index contributed by atoms with van der Waals surface area (Å²) in [6.07, 6.45) is -3.30. The van der Waals surface area contributed by atoms with Crippen LogP contribution >= 0.6 is 12.4 Å². The van der Waals surface area contributed by atoms with E-state index in [1.165, 1.54) is 10.6 Å². The summed E-state index contributed by atoms with van der Waals surface area (Å²) in [6.45, 7) is 2.62.